The Balaban J connectivity index is 3.28. The van der Waals surface area contributed by atoms with E-state index in [1.165, 1.54) is 12.1 Å². The van der Waals surface area contributed by atoms with Crippen LogP contribution in [0.5, 0.6) is 0 Å². The Morgan fingerprint density at radius 2 is 2.16 bits per heavy atom. The number of carbonyl (C=O) groups is 1. The first kappa shape index (κ1) is 14.9. The van der Waals surface area contributed by atoms with Crippen LogP contribution in [0.4, 0.5) is 5.69 Å². The molecule has 0 aliphatic carbocycles. The van der Waals surface area contributed by atoms with Crippen LogP contribution < -0.4 is 0 Å². The topological polar surface area (TPSA) is 93.2 Å². The second-order valence-electron chi connectivity index (χ2n) is 3.59. The normalized spacial score (nSPS) is 9.74. The fourth-order valence-corrected chi connectivity index (χ4v) is 1.85. The van der Waals surface area contributed by atoms with E-state index in [0.717, 1.165) is 0 Å². The molecule has 100 valence electrons. The number of halogens is 1. The number of hydrogen-bond acceptors (Lipinski definition) is 5. The average molecular weight is 283 g/mol. The first-order valence-corrected chi connectivity index (χ1v) is 5.99. The summed E-state index contributed by atoms with van der Waals surface area (Å²) in [5, 5.41) is 20.1. The van der Waals surface area contributed by atoms with Gasteiger partial charge in [-0.2, -0.15) is 5.26 Å². The van der Waals surface area contributed by atoms with E-state index in [-0.39, 0.29) is 41.3 Å². The molecule has 0 spiro atoms. The highest BCUT2D eigenvalue weighted by Crippen LogP contribution is 2.28. The summed E-state index contributed by atoms with van der Waals surface area (Å²) in [6, 6.07) is 4.69. The monoisotopic (exact) mass is 282 g/mol. The van der Waals surface area contributed by atoms with Crippen LogP contribution in [0.3, 0.4) is 0 Å². The number of carbonyl (C=O) groups excluding carboxylic acids is 1. The lowest BCUT2D eigenvalue weighted by molar-refractivity contribution is -0.385. The van der Waals surface area contributed by atoms with Crippen molar-refractivity contribution in [2.45, 2.75) is 19.2 Å². The van der Waals surface area contributed by atoms with Crippen LogP contribution in [-0.2, 0) is 21.8 Å². The van der Waals surface area contributed by atoms with Crippen LogP contribution >= 0.6 is 11.6 Å². The summed E-state index contributed by atoms with van der Waals surface area (Å²) in [6.45, 7) is 1.87. The van der Waals surface area contributed by atoms with Crippen LogP contribution in [0, 0.1) is 21.4 Å². The van der Waals surface area contributed by atoms with Crippen molar-refractivity contribution in [1.29, 1.82) is 5.26 Å². The smallest absolute Gasteiger partial charge is 0.310 e. The Morgan fingerprint density at radius 3 is 2.63 bits per heavy atom. The highest BCUT2D eigenvalue weighted by atomic mass is 35.5. The maximum Gasteiger partial charge on any atom is 0.310 e. The number of alkyl halides is 1. The van der Waals surface area contributed by atoms with Gasteiger partial charge in [0.1, 0.15) is 11.6 Å². The molecule has 0 aromatic heterocycles. The van der Waals surface area contributed by atoms with Gasteiger partial charge in [0.2, 0.25) is 0 Å². The zero-order valence-corrected chi connectivity index (χ0v) is 10.9. The molecule has 0 saturated heterocycles. The summed E-state index contributed by atoms with van der Waals surface area (Å²) in [7, 11) is 0. The lowest BCUT2D eigenvalue weighted by atomic mass is 10.00. The van der Waals surface area contributed by atoms with E-state index < -0.39 is 10.9 Å². The lowest BCUT2D eigenvalue weighted by Gasteiger charge is -2.07. The number of esters is 1. The van der Waals surface area contributed by atoms with E-state index in [0.29, 0.717) is 0 Å². The molecule has 0 aliphatic rings. The van der Waals surface area contributed by atoms with E-state index in [1.807, 2.05) is 0 Å². The molecule has 7 heteroatoms. The zero-order valence-electron chi connectivity index (χ0n) is 10.2. The minimum Gasteiger partial charge on any atom is -0.466 e. The number of nitro benzene ring substituents is 1. The van der Waals surface area contributed by atoms with Gasteiger partial charge >= 0.3 is 5.97 Å². The standard InChI is InChI=1S/C12H11ClN2O4/c1-2-19-11(16)5-8-3-4-9(6-13)12(15(17)18)10(8)7-14/h3-4H,2,5-6H2,1H3. The van der Waals surface area contributed by atoms with E-state index in [2.05, 4.69) is 0 Å². The number of rotatable bonds is 5. The Hall–Kier alpha value is -2.13. The molecule has 0 N–H and O–H groups in total. The van der Waals surface area contributed by atoms with Crippen LogP contribution in [0.25, 0.3) is 0 Å². The van der Waals surface area contributed by atoms with Crippen molar-refractivity contribution in [3.63, 3.8) is 0 Å². The van der Waals surface area contributed by atoms with Crippen molar-refractivity contribution in [3.05, 3.63) is 38.9 Å². The maximum absolute atomic E-state index is 11.4. The molecule has 0 amide bonds. The van der Waals surface area contributed by atoms with Crippen molar-refractivity contribution in [2.24, 2.45) is 0 Å². The van der Waals surface area contributed by atoms with E-state index in [1.54, 1.807) is 13.0 Å². The fraction of sp³-hybridized carbons (Fsp3) is 0.333. The molecule has 0 radical (unpaired) electrons. The van der Waals surface area contributed by atoms with Crippen LogP contribution in [0.1, 0.15) is 23.6 Å². The summed E-state index contributed by atoms with van der Waals surface area (Å²) < 4.78 is 4.76. The summed E-state index contributed by atoms with van der Waals surface area (Å²) in [5.74, 6) is -0.614. The van der Waals surface area contributed by atoms with Gasteiger partial charge in [-0.25, -0.2) is 0 Å². The van der Waals surface area contributed by atoms with Gasteiger partial charge in [0.15, 0.2) is 0 Å². The molecular weight excluding hydrogens is 272 g/mol. The van der Waals surface area contributed by atoms with Crippen molar-refractivity contribution < 1.29 is 14.5 Å². The maximum atomic E-state index is 11.4. The molecule has 1 rings (SSSR count). The van der Waals surface area contributed by atoms with Gasteiger partial charge in [-0.3, -0.25) is 14.9 Å². The van der Waals surface area contributed by atoms with Crippen LogP contribution in [0.15, 0.2) is 12.1 Å². The number of nitro groups is 1. The van der Waals surface area contributed by atoms with E-state index in [9.17, 15) is 14.9 Å². The predicted molar refractivity (Wildman–Crippen MR) is 67.7 cm³/mol. The molecule has 1 aromatic rings. The van der Waals surface area contributed by atoms with Gasteiger partial charge in [0.25, 0.3) is 5.69 Å². The third-order valence-electron chi connectivity index (χ3n) is 2.43. The van der Waals surface area contributed by atoms with Gasteiger partial charge in [0, 0.05) is 5.56 Å². The lowest BCUT2D eigenvalue weighted by Crippen LogP contribution is -2.10. The van der Waals surface area contributed by atoms with Crippen molar-refractivity contribution in [2.75, 3.05) is 6.61 Å². The Morgan fingerprint density at radius 1 is 1.53 bits per heavy atom. The third-order valence-corrected chi connectivity index (χ3v) is 2.71. The predicted octanol–water partition coefficient (Wildman–Crippen LogP) is 2.31. The molecule has 0 heterocycles. The summed E-state index contributed by atoms with van der Waals surface area (Å²) >= 11 is 5.61. The SMILES string of the molecule is CCOC(=O)Cc1ccc(CCl)c([N+](=O)[O-])c1C#N. The van der Waals surface area contributed by atoms with Crippen molar-refractivity contribution in [1.82, 2.24) is 0 Å². The number of nitrogens with zero attached hydrogens (tertiary/aromatic N) is 2. The number of nitriles is 1. The average Bonchev–Trinajstić information content (AvgIpc) is 2.38. The summed E-state index contributed by atoms with van der Waals surface area (Å²) in [5.41, 5.74) is 0.0212. The number of ether oxygens (including phenoxy) is 1. The zero-order chi connectivity index (χ0) is 14.4. The molecule has 0 saturated carbocycles. The molecular formula is C12H11ClN2O4. The molecule has 0 bridgehead atoms. The quantitative estimate of drug-likeness (QED) is 0.357. The number of benzene rings is 1. The van der Waals surface area contributed by atoms with Gasteiger partial charge in [0.05, 0.1) is 23.8 Å². The van der Waals surface area contributed by atoms with Crippen molar-refractivity contribution >= 4 is 23.3 Å². The van der Waals surface area contributed by atoms with Gasteiger partial charge < -0.3 is 4.74 Å². The first-order valence-electron chi connectivity index (χ1n) is 5.45. The van der Waals surface area contributed by atoms with Gasteiger partial charge in [-0.15, -0.1) is 11.6 Å². The van der Waals surface area contributed by atoms with Gasteiger partial charge in [-0.05, 0) is 12.5 Å². The first-order chi connectivity index (χ1) is 9.04. The largest absolute Gasteiger partial charge is 0.466 e. The highest BCUT2D eigenvalue weighted by molar-refractivity contribution is 6.17. The summed E-state index contributed by atoms with van der Waals surface area (Å²) in [6.07, 6.45) is -0.180. The second-order valence-corrected chi connectivity index (χ2v) is 3.86. The van der Waals surface area contributed by atoms with Crippen LogP contribution in [0.2, 0.25) is 0 Å². The second kappa shape index (κ2) is 6.71. The Labute approximate surface area is 114 Å². The number of hydrogen-bond donors (Lipinski definition) is 0. The molecule has 19 heavy (non-hydrogen) atoms. The molecule has 1 aromatic carbocycles. The van der Waals surface area contributed by atoms with Crippen LogP contribution in [-0.4, -0.2) is 17.5 Å². The third kappa shape index (κ3) is 3.42. The Bertz CT molecular complexity index is 551. The molecule has 0 unspecified atom stereocenters. The fourth-order valence-electron chi connectivity index (χ4n) is 1.63. The molecule has 0 aliphatic heterocycles. The van der Waals surface area contributed by atoms with E-state index >= 15 is 0 Å². The van der Waals surface area contributed by atoms with E-state index in [4.69, 9.17) is 21.6 Å². The minimum absolute atomic E-state index is 0.0787. The summed E-state index contributed by atoms with van der Waals surface area (Å²) in [4.78, 5) is 21.7. The highest BCUT2D eigenvalue weighted by Gasteiger charge is 2.23. The van der Waals surface area contributed by atoms with Crippen molar-refractivity contribution in [3.8, 4) is 6.07 Å². The molecule has 0 fully saturated rings. The molecule has 0 atom stereocenters. The molecule has 6 nitrogen and oxygen atoms in total. The van der Waals surface area contributed by atoms with Gasteiger partial charge in [-0.1, -0.05) is 12.1 Å². The Kier molecular flexibility index (Phi) is 5.27. The minimum atomic E-state index is -0.662.